The summed E-state index contributed by atoms with van der Waals surface area (Å²) in [7, 11) is 0. The molecule has 1 unspecified atom stereocenters. The van der Waals surface area contributed by atoms with Gasteiger partial charge >= 0.3 is 0 Å². The standard InChI is InChI=1S/C16H16N2O/c1-2-6-13-10-15-14(9-12(13)5-1)11-17-18(15)16-7-3-4-8-19-16/h1-2,5-6,9-11,16H,3-4,7-8H2. The Labute approximate surface area is 111 Å². The zero-order valence-corrected chi connectivity index (χ0v) is 10.7. The van der Waals surface area contributed by atoms with Crippen molar-refractivity contribution >= 4 is 21.7 Å². The van der Waals surface area contributed by atoms with Crippen molar-refractivity contribution < 1.29 is 4.74 Å². The van der Waals surface area contributed by atoms with Crippen LogP contribution >= 0.6 is 0 Å². The molecule has 1 aliphatic rings. The van der Waals surface area contributed by atoms with E-state index < -0.39 is 0 Å². The maximum Gasteiger partial charge on any atom is 0.150 e. The highest BCUT2D eigenvalue weighted by Gasteiger charge is 2.18. The quantitative estimate of drug-likeness (QED) is 0.657. The number of hydrogen-bond donors (Lipinski definition) is 0. The predicted molar refractivity (Wildman–Crippen MR) is 76.1 cm³/mol. The number of fused-ring (bicyclic) bond motifs is 2. The smallest absolute Gasteiger partial charge is 0.150 e. The fourth-order valence-corrected chi connectivity index (χ4v) is 2.88. The Balaban J connectivity index is 1.89. The van der Waals surface area contributed by atoms with Crippen LogP contribution in [0.15, 0.2) is 42.6 Å². The van der Waals surface area contributed by atoms with E-state index in [9.17, 15) is 0 Å². The van der Waals surface area contributed by atoms with Gasteiger partial charge in [-0.05, 0) is 42.2 Å². The minimum atomic E-state index is 0.104. The molecule has 2 aromatic carbocycles. The maximum atomic E-state index is 5.84. The molecule has 19 heavy (non-hydrogen) atoms. The lowest BCUT2D eigenvalue weighted by Gasteiger charge is -2.23. The van der Waals surface area contributed by atoms with E-state index in [0.717, 1.165) is 13.0 Å². The van der Waals surface area contributed by atoms with Crippen molar-refractivity contribution in [1.29, 1.82) is 0 Å². The van der Waals surface area contributed by atoms with Crippen LogP contribution in [0, 0.1) is 0 Å². The van der Waals surface area contributed by atoms with Gasteiger partial charge in [0.05, 0.1) is 11.7 Å². The summed E-state index contributed by atoms with van der Waals surface area (Å²) in [6.07, 6.45) is 5.49. The third kappa shape index (κ3) is 1.81. The van der Waals surface area contributed by atoms with E-state index in [2.05, 4.69) is 41.5 Å². The van der Waals surface area contributed by atoms with Crippen molar-refractivity contribution in [1.82, 2.24) is 9.78 Å². The number of rotatable bonds is 1. The van der Waals surface area contributed by atoms with Gasteiger partial charge in [-0.3, -0.25) is 0 Å². The molecule has 3 aromatic rings. The first kappa shape index (κ1) is 11.0. The van der Waals surface area contributed by atoms with Crippen LogP contribution in [-0.2, 0) is 4.74 Å². The fourth-order valence-electron chi connectivity index (χ4n) is 2.88. The van der Waals surface area contributed by atoms with Gasteiger partial charge in [-0.15, -0.1) is 0 Å². The van der Waals surface area contributed by atoms with Crippen LogP contribution in [0.2, 0.25) is 0 Å². The van der Waals surface area contributed by atoms with Crippen LogP contribution in [0.1, 0.15) is 25.5 Å². The van der Waals surface area contributed by atoms with Crippen molar-refractivity contribution in [2.45, 2.75) is 25.5 Å². The van der Waals surface area contributed by atoms with E-state index in [-0.39, 0.29) is 6.23 Å². The van der Waals surface area contributed by atoms with E-state index in [1.807, 2.05) is 10.9 Å². The highest BCUT2D eigenvalue weighted by molar-refractivity contribution is 5.96. The zero-order chi connectivity index (χ0) is 12.7. The number of ether oxygens (including phenoxy) is 1. The zero-order valence-electron chi connectivity index (χ0n) is 10.7. The highest BCUT2D eigenvalue weighted by atomic mass is 16.5. The van der Waals surface area contributed by atoms with E-state index in [4.69, 9.17) is 4.74 Å². The lowest BCUT2D eigenvalue weighted by molar-refractivity contribution is -0.0366. The SMILES string of the molecule is c1ccc2cc3c(cnn3C3CCCCO3)cc2c1. The number of hydrogen-bond acceptors (Lipinski definition) is 2. The molecule has 0 spiro atoms. The summed E-state index contributed by atoms with van der Waals surface area (Å²) in [6.45, 7) is 0.847. The summed E-state index contributed by atoms with van der Waals surface area (Å²) in [5, 5.41) is 8.24. The van der Waals surface area contributed by atoms with Gasteiger partial charge in [0.1, 0.15) is 0 Å². The van der Waals surface area contributed by atoms with Gasteiger partial charge in [-0.2, -0.15) is 5.10 Å². The Morgan fingerprint density at radius 2 is 1.89 bits per heavy atom. The summed E-state index contributed by atoms with van der Waals surface area (Å²) in [6, 6.07) is 12.9. The second-order valence-corrected chi connectivity index (χ2v) is 5.17. The first-order valence-electron chi connectivity index (χ1n) is 6.89. The van der Waals surface area contributed by atoms with Crippen molar-refractivity contribution in [2.75, 3.05) is 6.61 Å². The minimum absolute atomic E-state index is 0.104. The van der Waals surface area contributed by atoms with Gasteiger partial charge in [0.2, 0.25) is 0 Å². The van der Waals surface area contributed by atoms with Crippen LogP contribution in [0.4, 0.5) is 0 Å². The third-order valence-corrected chi connectivity index (χ3v) is 3.89. The van der Waals surface area contributed by atoms with Crippen LogP contribution in [-0.4, -0.2) is 16.4 Å². The molecule has 1 aliphatic heterocycles. The van der Waals surface area contributed by atoms with Crippen LogP contribution < -0.4 is 0 Å². The van der Waals surface area contributed by atoms with Gasteiger partial charge in [0.25, 0.3) is 0 Å². The molecule has 0 bridgehead atoms. The van der Waals surface area contributed by atoms with Gasteiger partial charge in [-0.25, -0.2) is 4.68 Å². The molecular formula is C16H16N2O. The molecule has 0 amide bonds. The van der Waals surface area contributed by atoms with E-state index >= 15 is 0 Å². The first-order chi connectivity index (χ1) is 9.42. The summed E-state index contributed by atoms with van der Waals surface area (Å²) in [5.41, 5.74) is 1.17. The Morgan fingerprint density at radius 3 is 2.68 bits per heavy atom. The summed E-state index contributed by atoms with van der Waals surface area (Å²) in [5.74, 6) is 0. The van der Waals surface area contributed by atoms with Crippen molar-refractivity contribution in [3.05, 3.63) is 42.6 Å². The molecule has 1 atom stereocenters. The first-order valence-corrected chi connectivity index (χ1v) is 6.89. The number of aromatic nitrogens is 2. The largest absolute Gasteiger partial charge is 0.356 e. The molecule has 96 valence electrons. The summed E-state index contributed by atoms with van der Waals surface area (Å²) >= 11 is 0. The van der Waals surface area contributed by atoms with Crippen LogP contribution in [0.5, 0.6) is 0 Å². The molecular weight excluding hydrogens is 236 g/mol. The normalized spacial score (nSPS) is 20.1. The van der Waals surface area contributed by atoms with Gasteiger partial charge in [0.15, 0.2) is 6.23 Å². The van der Waals surface area contributed by atoms with Crippen molar-refractivity contribution in [2.24, 2.45) is 0 Å². The molecule has 0 saturated carbocycles. The molecule has 1 fully saturated rings. The number of nitrogens with zero attached hydrogens (tertiary/aromatic N) is 2. The molecule has 0 N–H and O–H groups in total. The fraction of sp³-hybridized carbons (Fsp3) is 0.312. The van der Waals surface area contributed by atoms with Gasteiger partial charge in [-0.1, -0.05) is 24.3 Å². The molecule has 1 aromatic heterocycles. The Morgan fingerprint density at radius 1 is 1.05 bits per heavy atom. The lowest BCUT2D eigenvalue weighted by atomic mass is 10.1. The maximum absolute atomic E-state index is 5.84. The molecule has 3 nitrogen and oxygen atoms in total. The Hall–Kier alpha value is -1.87. The molecule has 4 rings (SSSR count). The van der Waals surface area contributed by atoms with Gasteiger partial charge in [0, 0.05) is 12.0 Å². The van der Waals surface area contributed by atoms with Crippen molar-refractivity contribution in [3.8, 4) is 0 Å². The molecule has 0 radical (unpaired) electrons. The molecule has 0 aliphatic carbocycles. The third-order valence-electron chi connectivity index (χ3n) is 3.89. The van der Waals surface area contributed by atoms with Crippen LogP contribution in [0.25, 0.3) is 21.7 Å². The number of benzene rings is 2. The van der Waals surface area contributed by atoms with Crippen LogP contribution in [0.3, 0.4) is 0 Å². The second kappa shape index (κ2) is 4.35. The topological polar surface area (TPSA) is 27.1 Å². The second-order valence-electron chi connectivity index (χ2n) is 5.17. The van der Waals surface area contributed by atoms with Crippen molar-refractivity contribution in [3.63, 3.8) is 0 Å². The predicted octanol–water partition coefficient (Wildman–Crippen LogP) is 3.89. The molecule has 1 saturated heterocycles. The lowest BCUT2D eigenvalue weighted by Crippen LogP contribution is -2.18. The molecule has 2 heterocycles. The monoisotopic (exact) mass is 252 g/mol. The highest BCUT2D eigenvalue weighted by Crippen LogP contribution is 2.28. The molecule has 3 heteroatoms. The average molecular weight is 252 g/mol. The van der Waals surface area contributed by atoms with E-state index in [0.29, 0.717) is 0 Å². The average Bonchev–Trinajstić information content (AvgIpc) is 2.88. The van der Waals surface area contributed by atoms with Gasteiger partial charge < -0.3 is 4.74 Å². The van der Waals surface area contributed by atoms with E-state index in [1.165, 1.54) is 34.5 Å². The summed E-state index contributed by atoms with van der Waals surface area (Å²) < 4.78 is 7.89. The Bertz CT molecular complexity index is 726. The Kier molecular flexibility index (Phi) is 2.52. The van der Waals surface area contributed by atoms with E-state index in [1.54, 1.807) is 0 Å². The minimum Gasteiger partial charge on any atom is -0.356 e. The summed E-state index contributed by atoms with van der Waals surface area (Å²) in [4.78, 5) is 0.